The molecule has 0 spiro atoms. The van der Waals surface area contributed by atoms with Crippen molar-refractivity contribution in [2.45, 2.75) is 6.42 Å². The number of nitrogens with zero attached hydrogens (tertiary/aromatic N) is 1. The molecule has 0 saturated heterocycles. The van der Waals surface area contributed by atoms with E-state index < -0.39 is 0 Å². The monoisotopic (exact) mass is 290 g/mol. The van der Waals surface area contributed by atoms with Crippen LogP contribution in [0.5, 0.6) is 0 Å². The van der Waals surface area contributed by atoms with Gasteiger partial charge in [-0.05, 0) is 23.8 Å². The van der Waals surface area contributed by atoms with Crippen LogP contribution in [0.15, 0.2) is 66.2 Å². The lowest BCUT2D eigenvalue weighted by molar-refractivity contribution is 1.14. The van der Waals surface area contributed by atoms with Crippen LogP contribution in [0, 0.1) is 0 Å². The Kier molecular flexibility index (Phi) is 3.05. The molecule has 4 aromatic rings. The first-order valence-corrected chi connectivity index (χ1v) is 7.82. The molecule has 4 rings (SSSR count). The Morgan fingerprint density at radius 2 is 1.90 bits per heavy atom. The molecule has 0 saturated carbocycles. The summed E-state index contributed by atoms with van der Waals surface area (Å²) in [6.07, 6.45) is 2.87. The van der Waals surface area contributed by atoms with E-state index in [4.69, 9.17) is 4.98 Å². The van der Waals surface area contributed by atoms with Gasteiger partial charge >= 0.3 is 0 Å². The largest absolute Gasteiger partial charge is 0.361 e. The average Bonchev–Trinajstić information content (AvgIpc) is 3.16. The Morgan fingerprint density at radius 3 is 2.81 bits per heavy atom. The van der Waals surface area contributed by atoms with Gasteiger partial charge in [-0.2, -0.15) is 0 Å². The summed E-state index contributed by atoms with van der Waals surface area (Å²) >= 11 is 1.73. The first-order valence-electron chi connectivity index (χ1n) is 6.94. The van der Waals surface area contributed by atoms with Gasteiger partial charge in [0.2, 0.25) is 0 Å². The number of nitrogens with one attached hydrogen (secondary N) is 1. The SMILES string of the molecule is c1ccc(Cc2nc(-c3ccc4[nH]ccc4c3)cs2)cc1. The second kappa shape index (κ2) is 5.19. The topological polar surface area (TPSA) is 28.7 Å². The fourth-order valence-electron chi connectivity index (χ4n) is 2.51. The zero-order valence-corrected chi connectivity index (χ0v) is 12.2. The number of H-pyrrole nitrogens is 1. The molecular weight excluding hydrogens is 276 g/mol. The lowest BCUT2D eigenvalue weighted by atomic mass is 10.1. The molecule has 21 heavy (non-hydrogen) atoms. The average molecular weight is 290 g/mol. The zero-order valence-electron chi connectivity index (χ0n) is 11.4. The fraction of sp³-hybridized carbons (Fsp3) is 0.0556. The number of hydrogen-bond acceptors (Lipinski definition) is 2. The first-order chi connectivity index (χ1) is 10.4. The van der Waals surface area contributed by atoms with E-state index in [1.165, 1.54) is 22.0 Å². The van der Waals surface area contributed by atoms with Gasteiger partial charge in [-0.1, -0.05) is 36.4 Å². The molecule has 0 aliphatic heterocycles. The van der Waals surface area contributed by atoms with Crippen LogP contribution in [0.3, 0.4) is 0 Å². The number of benzene rings is 2. The maximum absolute atomic E-state index is 4.78. The highest BCUT2D eigenvalue weighted by Crippen LogP contribution is 2.26. The Hall–Kier alpha value is -2.39. The molecule has 0 aliphatic rings. The van der Waals surface area contributed by atoms with Crippen molar-refractivity contribution in [1.82, 2.24) is 9.97 Å². The van der Waals surface area contributed by atoms with Crippen molar-refractivity contribution in [3.63, 3.8) is 0 Å². The number of fused-ring (bicyclic) bond motifs is 1. The summed E-state index contributed by atoms with van der Waals surface area (Å²) in [6.45, 7) is 0. The standard InChI is InChI=1S/C18H14N2S/c1-2-4-13(5-3-1)10-18-20-17(12-21-18)14-6-7-16-15(11-14)8-9-19-16/h1-9,11-12,19H,10H2. The molecule has 0 unspecified atom stereocenters. The van der Waals surface area contributed by atoms with Crippen molar-refractivity contribution in [3.05, 3.63) is 76.7 Å². The predicted molar refractivity (Wildman–Crippen MR) is 88.7 cm³/mol. The maximum Gasteiger partial charge on any atom is 0.0976 e. The second-order valence-electron chi connectivity index (χ2n) is 5.07. The summed E-state index contributed by atoms with van der Waals surface area (Å²) in [5.41, 5.74) is 4.71. The van der Waals surface area contributed by atoms with Crippen LogP contribution >= 0.6 is 11.3 Å². The van der Waals surface area contributed by atoms with Gasteiger partial charge in [0.25, 0.3) is 0 Å². The van der Waals surface area contributed by atoms with Crippen molar-refractivity contribution in [2.24, 2.45) is 0 Å². The molecular formula is C18H14N2S. The predicted octanol–water partition coefficient (Wildman–Crippen LogP) is 4.88. The molecule has 2 heterocycles. The van der Waals surface area contributed by atoms with Crippen LogP contribution in [0.25, 0.3) is 22.2 Å². The van der Waals surface area contributed by atoms with Gasteiger partial charge in [0.1, 0.15) is 0 Å². The first kappa shape index (κ1) is 12.4. The van der Waals surface area contributed by atoms with Gasteiger partial charge in [-0.3, -0.25) is 0 Å². The highest BCUT2D eigenvalue weighted by molar-refractivity contribution is 7.10. The van der Waals surface area contributed by atoms with E-state index in [-0.39, 0.29) is 0 Å². The van der Waals surface area contributed by atoms with Crippen LogP contribution in [-0.4, -0.2) is 9.97 Å². The third-order valence-electron chi connectivity index (χ3n) is 3.60. The Labute approximate surface area is 127 Å². The molecule has 0 fully saturated rings. The number of aromatic amines is 1. The van der Waals surface area contributed by atoms with Gasteiger partial charge in [0.05, 0.1) is 10.7 Å². The van der Waals surface area contributed by atoms with E-state index in [1.807, 2.05) is 12.3 Å². The summed E-state index contributed by atoms with van der Waals surface area (Å²) in [5, 5.41) is 4.53. The van der Waals surface area contributed by atoms with Crippen molar-refractivity contribution in [3.8, 4) is 11.3 Å². The Balaban J connectivity index is 1.64. The molecule has 3 heteroatoms. The minimum Gasteiger partial charge on any atom is -0.361 e. The minimum atomic E-state index is 0.901. The van der Waals surface area contributed by atoms with Crippen LogP contribution in [0.4, 0.5) is 0 Å². The van der Waals surface area contributed by atoms with E-state index in [0.29, 0.717) is 0 Å². The molecule has 2 aromatic heterocycles. The molecule has 2 aromatic carbocycles. The number of thiazole rings is 1. The normalized spacial score (nSPS) is 11.0. The van der Waals surface area contributed by atoms with E-state index in [0.717, 1.165) is 17.1 Å². The van der Waals surface area contributed by atoms with Crippen LogP contribution < -0.4 is 0 Å². The van der Waals surface area contributed by atoms with Crippen molar-refractivity contribution in [1.29, 1.82) is 0 Å². The van der Waals surface area contributed by atoms with Crippen LogP contribution in [0.1, 0.15) is 10.6 Å². The van der Waals surface area contributed by atoms with Gasteiger partial charge < -0.3 is 4.98 Å². The molecule has 102 valence electrons. The molecule has 2 nitrogen and oxygen atoms in total. The van der Waals surface area contributed by atoms with E-state index in [1.54, 1.807) is 11.3 Å². The van der Waals surface area contributed by atoms with Gasteiger partial charge in [0, 0.05) is 34.5 Å². The molecule has 1 N–H and O–H groups in total. The van der Waals surface area contributed by atoms with Gasteiger partial charge in [0.15, 0.2) is 0 Å². The van der Waals surface area contributed by atoms with Crippen LogP contribution in [0.2, 0.25) is 0 Å². The van der Waals surface area contributed by atoms with E-state index in [9.17, 15) is 0 Å². The third kappa shape index (κ3) is 2.48. The zero-order chi connectivity index (χ0) is 14.1. The maximum atomic E-state index is 4.78. The summed E-state index contributed by atoms with van der Waals surface area (Å²) in [4.78, 5) is 7.99. The van der Waals surface area contributed by atoms with E-state index >= 15 is 0 Å². The lowest BCUT2D eigenvalue weighted by Gasteiger charge is -1.98. The number of aromatic nitrogens is 2. The molecule has 0 atom stereocenters. The summed E-state index contributed by atoms with van der Waals surface area (Å²) in [6, 6.07) is 19.0. The van der Waals surface area contributed by atoms with Crippen LogP contribution in [-0.2, 0) is 6.42 Å². The molecule has 0 radical (unpaired) electrons. The Morgan fingerprint density at radius 1 is 1.00 bits per heavy atom. The second-order valence-corrected chi connectivity index (χ2v) is 6.01. The summed E-state index contributed by atoms with van der Waals surface area (Å²) in [7, 11) is 0. The van der Waals surface area contributed by atoms with Crippen molar-refractivity contribution >= 4 is 22.2 Å². The van der Waals surface area contributed by atoms with Gasteiger partial charge in [-0.15, -0.1) is 11.3 Å². The van der Waals surface area contributed by atoms with Crippen molar-refractivity contribution < 1.29 is 0 Å². The number of hydrogen-bond donors (Lipinski definition) is 1. The molecule has 0 bridgehead atoms. The smallest absolute Gasteiger partial charge is 0.0976 e. The highest BCUT2D eigenvalue weighted by atomic mass is 32.1. The Bertz CT molecular complexity index is 874. The summed E-state index contributed by atoms with van der Waals surface area (Å²) < 4.78 is 0. The minimum absolute atomic E-state index is 0.901. The third-order valence-corrected chi connectivity index (χ3v) is 4.45. The quantitative estimate of drug-likeness (QED) is 0.572. The van der Waals surface area contributed by atoms with Gasteiger partial charge in [-0.25, -0.2) is 4.98 Å². The lowest BCUT2D eigenvalue weighted by Crippen LogP contribution is -1.86. The highest BCUT2D eigenvalue weighted by Gasteiger charge is 2.06. The van der Waals surface area contributed by atoms with Crippen molar-refractivity contribution in [2.75, 3.05) is 0 Å². The fourth-order valence-corrected chi connectivity index (χ4v) is 3.35. The molecule has 0 aliphatic carbocycles. The summed E-state index contributed by atoms with van der Waals surface area (Å²) in [5.74, 6) is 0. The molecule has 0 amide bonds. The van der Waals surface area contributed by atoms with E-state index in [2.05, 4.69) is 58.9 Å². The number of rotatable bonds is 3.